The number of alkyl halides is 3. The summed E-state index contributed by atoms with van der Waals surface area (Å²) in [5.74, 6) is -1.34. The molecule has 1 aromatic rings. The molecule has 1 heterocycles. The highest BCUT2D eigenvalue weighted by Gasteiger charge is 2.38. The van der Waals surface area contributed by atoms with Crippen molar-refractivity contribution in [2.45, 2.75) is 38.0 Å². The first-order chi connectivity index (χ1) is 14.6. The Balaban J connectivity index is 0.000000423. The summed E-state index contributed by atoms with van der Waals surface area (Å²) in [6, 6.07) is 10.6. The van der Waals surface area contributed by atoms with Crippen molar-refractivity contribution >= 4 is 11.9 Å². The number of nitrogens with zero attached hydrogens (tertiary/aromatic N) is 2. The molecular weight excluding hydrogens is 413 g/mol. The predicted octanol–water partition coefficient (Wildman–Crippen LogP) is 3.07. The fraction of sp³-hybridized carbons (Fsp3) is 0.636. The van der Waals surface area contributed by atoms with Gasteiger partial charge in [-0.3, -0.25) is 4.79 Å². The van der Waals surface area contributed by atoms with E-state index in [0.29, 0.717) is 12.5 Å². The number of aliphatic carboxylic acids is 1. The second-order valence-electron chi connectivity index (χ2n) is 8.43. The monoisotopic (exact) mass is 444 g/mol. The van der Waals surface area contributed by atoms with Gasteiger partial charge in [-0.05, 0) is 51.3 Å². The van der Waals surface area contributed by atoms with E-state index in [4.69, 9.17) is 14.6 Å². The SMILES string of the molecule is CN(C)CC(=O)N1CC[C@H](OCC2CC2)[C@@H](Cc2ccccc2)C1.O=C(O)C(F)(F)F. The second kappa shape index (κ2) is 11.5. The van der Waals surface area contributed by atoms with Gasteiger partial charge in [0.1, 0.15) is 0 Å². The van der Waals surface area contributed by atoms with Gasteiger partial charge in [0.05, 0.1) is 12.6 Å². The molecule has 0 radical (unpaired) electrons. The molecule has 1 aliphatic heterocycles. The van der Waals surface area contributed by atoms with Crippen molar-refractivity contribution in [2.24, 2.45) is 11.8 Å². The highest BCUT2D eigenvalue weighted by molar-refractivity contribution is 5.78. The van der Waals surface area contributed by atoms with Crippen LogP contribution in [0.3, 0.4) is 0 Å². The molecule has 1 amide bonds. The molecule has 1 N–H and O–H groups in total. The number of amides is 1. The number of likely N-dealkylation sites (N-methyl/N-ethyl adjacent to an activating group) is 1. The summed E-state index contributed by atoms with van der Waals surface area (Å²) in [5, 5.41) is 7.12. The molecule has 0 spiro atoms. The van der Waals surface area contributed by atoms with E-state index in [2.05, 4.69) is 30.3 Å². The van der Waals surface area contributed by atoms with Crippen molar-refractivity contribution in [1.82, 2.24) is 9.80 Å². The summed E-state index contributed by atoms with van der Waals surface area (Å²) in [6.45, 7) is 3.04. The lowest BCUT2D eigenvalue weighted by atomic mass is 9.88. The fourth-order valence-corrected chi connectivity index (χ4v) is 3.48. The summed E-state index contributed by atoms with van der Waals surface area (Å²) in [4.78, 5) is 25.3. The highest BCUT2D eigenvalue weighted by atomic mass is 19.4. The van der Waals surface area contributed by atoms with Gasteiger partial charge in [-0.2, -0.15) is 13.2 Å². The molecule has 2 atom stereocenters. The van der Waals surface area contributed by atoms with Crippen LogP contribution in [0.2, 0.25) is 0 Å². The molecule has 1 saturated carbocycles. The van der Waals surface area contributed by atoms with Gasteiger partial charge in [-0.15, -0.1) is 0 Å². The van der Waals surface area contributed by atoms with Crippen molar-refractivity contribution in [2.75, 3.05) is 40.3 Å². The zero-order chi connectivity index (χ0) is 23.0. The number of halogens is 3. The zero-order valence-electron chi connectivity index (χ0n) is 18.0. The van der Waals surface area contributed by atoms with E-state index < -0.39 is 12.1 Å². The maximum absolute atomic E-state index is 12.4. The van der Waals surface area contributed by atoms with E-state index in [1.165, 1.54) is 18.4 Å². The van der Waals surface area contributed by atoms with E-state index in [1.54, 1.807) is 0 Å². The zero-order valence-corrected chi connectivity index (χ0v) is 18.0. The van der Waals surface area contributed by atoms with Crippen LogP contribution in [0, 0.1) is 11.8 Å². The Morgan fingerprint density at radius 1 is 1.16 bits per heavy atom. The number of hydrogen-bond donors (Lipinski definition) is 1. The molecule has 9 heteroatoms. The van der Waals surface area contributed by atoms with Crippen molar-refractivity contribution in [3.8, 4) is 0 Å². The number of piperidine rings is 1. The van der Waals surface area contributed by atoms with Gasteiger partial charge < -0.3 is 19.6 Å². The minimum absolute atomic E-state index is 0.235. The Hall–Kier alpha value is -2.13. The van der Waals surface area contributed by atoms with Crippen LogP contribution in [-0.4, -0.2) is 79.4 Å². The van der Waals surface area contributed by atoms with Gasteiger partial charge in [0.25, 0.3) is 0 Å². The molecule has 31 heavy (non-hydrogen) atoms. The molecule has 1 aromatic carbocycles. The Kier molecular flexibility index (Phi) is 9.31. The highest BCUT2D eigenvalue weighted by Crippen LogP contribution is 2.31. The van der Waals surface area contributed by atoms with Gasteiger partial charge in [-0.25, -0.2) is 4.79 Å². The molecule has 1 saturated heterocycles. The molecule has 174 valence electrons. The van der Waals surface area contributed by atoms with Gasteiger partial charge >= 0.3 is 12.1 Å². The summed E-state index contributed by atoms with van der Waals surface area (Å²) in [6.07, 6.45) is -0.201. The van der Waals surface area contributed by atoms with Crippen LogP contribution in [0.5, 0.6) is 0 Å². The van der Waals surface area contributed by atoms with E-state index in [0.717, 1.165) is 38.5 Å². The number of rotatable bonds is 7. The van der Waals surface area contributed by atoms with Crippen molar-refractivity contribution in [1.29, 1.82) is 0 Å². The third kappa shape index (κ3) is 9.26. The van der Waals surface area contributed by atoms with Crippen molar-refractivity contribution in [3.05, 3.63) is 35.9 Å². The molecule has 0 aromatic heterocycles. The Bertz CT molecular complexity index is 708. The standard InChI is InChI=1S/C20H30N2O2.C2HF3O2/c1-21(2)14-20(23)22-11-10-19(24-15-17-8-9-17)18(13-22)12-16-6-4-3-5-7-16;3-2(4,5)1(6)7/h3-7,17-19H,8-15H2,1-2H3;(H,6,7)/t18-,19-;/m0./s1. The summed E-state index contributed by atoms with van der Waals surface area (Å²) in [5.41, 5.74) is 1.34. The fourth-order valence-electron chi connectivity index (χ4n) is 3.48. The van der Waals surface area contributed by atoms with Crippen LogP contribution in [0.4, 0.5) is 13.2 Å². The Morgan fingerprint density at radius 2 is 1.77 bits per heavy atom. The lowest BCUT2D eigenvalue weighted by Crippen LogP contribution is -2.49. The molecule has 3 rings (SSSR count). The first-order valence-corrected chi connectivity index (χ1v) is 10.4. The number of carbonyl (C=O) groups excluding carboxylic acids is 1. The number of carbonyl (C=O) groups is 2. The van der Waals surface area contributed by atoms with E-state index >= 15 is 0 Å². The molecule has 2 aliphatic rings. The lowest BCUT2D eigenvalue weighted by Gasteiger charge is -2.39. The van der Waals surface area contributed by atoms with Crippen LogP contribution < -0.4 is 0 Å². The minimum atomic E-state index is -5.08. The average molecular weight is 444 g/mol. The quantitative estimate of drug-likeness (QED) is 0.700. The van der Waals surface area contributed by atoms with E-state index in [1.807, 2.05) is 23.9 Å². The van der Waals surface area contributed by atoms with Crippen LogP contribution in [0.1, 0.15) is 24.8 Å². The van der Waals surface area contributed by atoms with Crippen molar-refractivity contribution < 1.29 is 32.6 Å². The van der Waals surface area contributed by atoms with Crippen LogP contribution in [0.25, 0.3) is 0 Å². The van der Waals surface area contributed by atoms with E-state index in [-0.39, 0.29) is 12.0 Å². The number of carboxylic acid groups (broad SMARTS) is 1. The smallest absolute Gasteiger partial charge is 0.475 e. The Morgan fingerprint density at radius 3 is 2.29 bits per heavy atom. The molecule has 0 unspecified atom stereocenters. The largest absolute Gasteiger partial charge is 0.490 e. The second-order valence-corrected chi connectivity index (χ2v) is 8.43. The van der Waals surface area contributed by atoms with Crippen LogP contribution in [0.15, 0.2) is 30.3 Å². The number of benzene rings is 1. The van der Waals surface area contributed by atoms with E-state index in [9.17, 15) is 18.0 Å². The maximum Gasteiger partial charge on any atom is 0.490 e. The number of likely N-dealkylation sites (tertiary alicyclic amines) is 1. The third-order valence-corrected chi connectivity index (χ3v) is 5.29. The average Bonchev–Trinajstić information content (AvgIpc) is 3.51. The predicted molar refractivity (Wildman–Crippen MR) is 110 cm³/mol. The topological polar surface area (TPSA) is 70.1 Å². The summed E-state index contributed by atoms with van der Waals surface area (Å²) >= 11 is 0. The summed E-state index contributed by atoms with van der Waals surface area (Å²) < 4.78 is 38.0. The first kappa shape index (κ1) is 25.1. The van der Waals surface area contributed by atoms with Gasteiger partial charge in [0, 0.05) is 25.6 Å². The first-order valence-electron chi connectivity index (χ1n) is 10.4. The van der Waals surface area contributed by atoms with Crippen LogP contribution in [-0.2, 0) is 20.7 Å². The molecule has 0 bridgehead atoms. The molecule has 6 nitrogen and oxygen atoms in total. The Labute approximate surface area is 181 Å². The number of hydrogen-bond acceptors (Lipinski definition) is 4. The summed E-state index contributed by atoms with van der Waals surface area (Å²) in [7, 11) is 3.90. The molecular formula is C22H31F3N2O4. The molecule has 1 aliphatic carbocycles. The van der Waals surface area contributed by atoms with Gasteiger partial charge in [-0.1, -0.05) is 30.3 Å². The van der Waals surface area contributed by atoms with Crippen LogP contribution >= 0.6 is 0 Å². The molecule has 2 fully saturated rings. The number of ether oxygens (including phenoxy) is 1. The van der Waals surface area contributed by atoms with Gasteiger partial charge in [0.2, 0.25) is 5.91 Å². The normalized spacial score (nSPS) is 21.4. The van der Waals surface area contributed by atoms with Crippen molar-refractivity contribution in [3.63, 3.8) is 0 Å². The maximum atomic E-state index is 12.4. The minimum Gasteiger partial charge on any atom is -0.475 e. The third-order valence-electron chi connectivity index (χ3n) is 5.29. The lowest BCUT2D eigenvalue weighted by molar-refractivity contribution is -0.192. The van der Waals surface area contributed by atoms with Gasteiger partial charge in [0.15, 0.2) is 0 Å². The number of carboxylic acids is 1.